The van der Waals surface area contributed by atoms with Crippen LogP contribution in [-0.2, 0) is 19.1 Å². The van der Waals surface area contributed by atoms with Crippen molar-refractivity contribution in [1.82, 2.24) is 35.6 Å². The van der Waals surface area contributed by atoms with Crippen molar-refractivity contribution in [3.63, 3.8) is 0 Å². The minimum absolute atomic E-state index is 0.00573. The summed E-state index contributed by atoms with van der Waals surface area (Å²) in [7, 11) is 0. The van der Waals surface area contributed by atoms with E-state index in [9.17, 15) is 29.9 Å². The molecule has 0 bridgehead atoms. The molecule has 2 aliphatic heterocycles. The fourth-order valence-corrected chi connectivity index (χ4v) is 13.4. The van der Waals surface area contributed by atoms with Gasteiger partial charge in [-0.25, -0.2) is 4.98 Å². The molecule has 5 N–H and O–H groups in total. The molecule has 8 rings (SSSR count). The number of likely N-dealkylation sites (tertiary alicyclic amines) is 1. The quantitative estimate of drug-likeness (QED) is 0.0570. The number of aliphatic hydroxyl groups excluding tert-OH is 2. The molecule has 4 aromatic rings. The number of carbonyl (C=O) groups is 3. The monoisotopic (exact) mass is 1090 g/mol. The molecule has 16 nitrogen and oxygen atoms in total. The Morgan fingerprint density at radius 2 is 1.60 bits per heavy atom. The Hall–Kier alpha value is -5.16. The number of halogens is 1. The summed E-state index contributed by atoms with van der Waals surface area (Å²) in [6.45, 7) is 22.6. The van der Waals surface area contributed by atoms with Crippen LogP contribution in [0.1, 0.15) is 122 Å². The number of nitrogens with zero attached hydrogens (tertiary/aromatic N) is 5. The van der Waals surface area contributed by atoms with Crippen molar-refractivity contribution < 1.29 is 38.8 Å². The van der Waals surface area contributed by atoms with E-state index >= 15 is 0 Å². The van der Waals surface area contributed by atoms with Crippen LogP contribution < -0.4 is 25.4 Å². The number of nitriles is 1. The normalized spacial score (nSPS) is 24.7. The first-order valence-corrected chi connectivity index (χ1v) is 28.5. The van der Waals surface area contributed by atoms with Gasteiger partial charge in [0.15, 0.2) is 0 Å². The molecule has 7 atom stereocenters. The minimum atomic E-state index is -0.953. The van der Waals surface area contributed by atoms with Gasteiger partial charge >= 0.3 is 0 Å². The van der Waals surface area contributed by atoms with E-state index in [0.717, 1.165) is 91.4 Å². The number of piperazine rings is 1. The SMILES string of the molecule is Cc1ncsc1-c1ccc([C@H](C)NC(=O)[C@@H]2C[C@@H](O)CN2C(=O)C(NC(=O)CO[C@@H]2CCCC[C@H]2N2CCN(CCOc3ccc(C(O)NC4C(C)(C)C(Oc5ccc(C#N)c(Cl)c5)C4(C)C)cc3)CC2)C(C)(C)C)cc1. The Balaban J connectivity index is 0.763. The maximum absolute atomic E-state index is 14.4. The molecule has 2 saturated heterocycles. The Morgan fingerprint density at radius 1 is 0.935 bits per heavy atom. The average molecular weight is 1100 g/mol. The van der Waals surface area contributed by atoms with Gasteiger partial charge in [-0.2, -0.15) is 5.26 Å². The fraction of sp³-hybridized carbons (Fsp3) is 0.576. The third kappa shape index (κ3) is 13.5. The van der Waals surface area contributed by atoms with Gasteiger partial charge in [0.1, 0.15) is 55.2 Å². The zero-order chi connectivity index (χ0) is 55.4. The van der Waals surface area contributed by atoms with Crippen LogP contribution in [0.3, 0.4) is 0 Å². The number of aryl methyl sites for hydroxylation is 1. The van der Waals surface area contributed by atoms with Gasteiger partial charge < -0.3 is 40.0 Å². The van der Waals surface area contributed by atoms with E-state index in [0.29, 0.717) is 22.9 Å². The van der Waals surface area contributed by atoms with Crippen LogP contribution in [0, 0.1) is 34.5 Å². The number of carbonyl (C=O) groups excluding carboxylic acids is 3. The van der Waals surface area contributed by atoms with Gasteiger partial charge in [0.05, 0.1) is 44.9 Å². The largest absolute Gasteiger partial charge is 0.492 e. The predicted octanol–water partition coefficient (Wildman–Crippen LogP) is 7.80. The van der Waals surface area contributed by atoms with E-state index in [1.807, 2.05) is 88.7 Å². The van der Waals surface area contributed by atoms with Gasteiger partial charge in [0, 0.05) is 74.7 Å². The highest BCUT2D eigenvalue weighted by Gasteiger charge is 2.64. The van der Waals surface area contributed by atoms with Crippen LogP contribution >= 0.6 is 22.9 Å². The van der Waals surface area contributed by atoms with Crippen molar-refractivity contribution in [3.05, 3.63) is 99.6 Å². The van der Waals surface area contributed by atoms with Crippen molar-refractivity contribution in [2.45, 2.75) is 149 Å². The van der Waals surface area contributed by atoms with E-state index in [-0.39, 0.29) is 66.6 Å². The molecule has 77 heavy (non-hydrogen) atoms. The number of hydrogen-bond acceptors (Lipinski definition) is 14. The predicted molar refractivity (Wildman–Crippen MR) is 298 cm³/mol. The third-order valence-electron chi connectivity index (χ3n) is 16.4. The third-order valence-corrected chi connectivity index (χ3v) is 17.7. The van der Waals surface area contributed by atoms with Crippen molar-refractivity contribution in [1.29, 1.82) is 5.26 Å². The number of thiazole rings is 1. The standard InChI is InChI=1S/C59H79ClN8O8S/c1-36(38-14-16-39(17-15-38)50-37(2)62-35-77-50)63-53(72)47-30-42(69)33-68(47)54(73)51(57(3,4)5)64-49(70)34-75-48-13-11-10-12-46(48)67-26-24-66(25-27-67)28-29-74-43-21-18-40(19-22-43)52(71)65-55-58(6,7)56(59(55,8)9)76-44-23-20-41(32-61)45(60)31-44/h14-23,31,35-36,42,46-48,51-52,55-56,65,69,71H,10-13,24-30,33-34H2,1-9H3,(H,63,72)(H,64,70)/t36-,42+,46+,47-,48+,51?,52?,55?,56?/m0/s1. The topological polar surface area (TPSA) is 202 Å². The summed E-state index contributed by atoms with van der Waals surface area (Å²) in [4.78, 5) is 53.7. The summed E-state index contributed by atoms with van der Waals surface area (Å²) < 4.78 is 19.0. The number of aromatic nitrogens is 1. The highest BCUT2D eigenvalue weighted by Crippen LogP contribution is 2.56. The molecular formula is C59H79ClN8O8S. The summed E-state index contributed by atoms with van der Waals surface area (Å²) >= 11 is 7.86. The Kier molecular flexibility index (Phi) is 18.4. The van der Waals surface area contributed by atoms with Crippen molar-refractivity contribution in [3.8, 4) is 28.0 Å². The van der Waals surface area contributed by atoms with Gasteiger partial charge in [-0.15, -0.1) is 11.3 Å². The van der Waals surface area contributed by atoms with Crippen LogP contribution in [0.4, 0.5) is 0 Å². The summed E-state index contributed by atoms with van der Waals surface area (Å²) in [6.07, 6.45) is 1.98. The second-order valence-electron chi connectivity index (χ2n) is 23.8. The lowest BCUT2D eigenvalue weighted by atomic mass is 9.49. The summed E-state index contributed by atoms with van der Waals surface area (Å²) in [5.74, 6) is 0.182. The van der Waals surface area contributed by atoms with Crippen LogP contribution in [0.5, 0.6) is 11.5 Å². The zero-order valence-electron chi connectivity index (χ0n) is 46.2. The zero-order valence-corrected chi connectivity index (χ0v) is 47.8. The molecule has 3 heterocycles. The van der Waals surface area contributed by atoms with E-state index in [4.69, 9.17) is 25.8 Å². The van der Waals surface area contributed by atoms with Gasteiger partial charge in [0.25, 0.3) is 0 Å². The summed E-state index contributed by atoms with van der Waals surface area (Å²) in [5.41, 5.74) is 4.55. The molecule has 3 amide bonds. The number of benzene rings is 3. The molecule has 4 aliphatic rings. The van der Waals surface area contributed by atoms with Gasteiger partial charge in [-0.1, -0.05) is 109 Å². The number of nitrogens with one attached hydrogen (secondary N) is 3. The molecule has 4 fully saturated rings. The molecule has 1 aromatic heterocycles. The van der Waals surface area contributed by atoms with Gasteiger partial charge in [-0.3, -0.25) is 29.5 Å². The molecule has 18 heteroatoms. The molecule has 0 spiro atoms. The van der Waals surface area contributed by atoms with E-state index in [2.05, 4.69) is 64.5 Å². The lowest BCUT2D eigenvalue weighted by Crippen LogP contribution is -2.74. The lowest BCUT2D eigenvalue weighted by Gasteiger charge is -2.63. The van der Waals surface area contributed by atoms with Crippen LogP contribution in [-0.4, -0.2) is 143 Å². The molecule has 2 saturated carbocycles. The highest BCUT2D eigenvalue weighted by molar-refractivity contribution is 7.13. The number of rotatable bonds is 19. The summed E-state index contributed by atoms with van der Waals surface area (Å²) in [5, 5.41) is 41.2. The smallest absolute Gasteiger partial charge is 0.246 e. The molecule has 416 valence electrons. The number of aliphatic hydroxyl groups is 2. The Labute approximate surface area is 463 Å². The van der Waals surface area contributed by atoms with Gasteiger partial charge in [-0.05, 0) is 73.1 Å². The van der Waals surface area contributed by atoms with E-state index < -0.39 is 41.6 Å². The first-order chi connectivity index (χ1) is 36.5. The summed E-state index contributed by atoms with van der Waals surface area (Å²) in [6, 6.07) is 20.7. The highest BCUT2D eigenvalue weighted by atomic mass is 35.5. The van der Waals surface area contributed by atoms with Crippen LogP contribution in [0.15, 0.2) is 72.2 Å². The Bertz CT molecular complexity index is 2700. The number of β-amino-alcohol motifs (C(OH)–C–C–N with tert-alkyl or cyclic N) is 1. The first kappa shape index (κ1) is 58.0. The number of amides is 3. The number of hydrogen-bond donors (Lipinski definition) is 5. The van der Waals surface area contributed by atoms with Crippen molar-refractivity contribution in [2.24, 2.45) is 16.2 Å². The maximum Gasteiger partial charge on any atom is 0.246 e. The molecule has 2 unspecified atom stereocenters. The average Bonchev–Trinajstić information content (AvgIpc) is 4.04. The van der Waals surface area contributed by atoms with Crippen molar-refractivity contribution in [2.75, 3.05) is 52.5 Å². The maximum atomic E-state index is 14.4. The van der Waals surface area contributed by atoms with Gasteiger partial charge in [0.2, 0.25) is 17.7 Å². The molecule has 2 aliphatic carbocycles. The molecular weight excluding hydrogens is 1020 g/mol. The Morgan fingerprint density at radius 3 is 2.23 bits per heavy atom. The second kappa shape index (κ2) is 24.5. The molecule has 3 aromatic carbocycles. The van der Waals surface area contributed by atoms with Crippen molar-refractivity contribution >= 4 is 40.7 Å². The van der Waals surface area contributed by atoms with E-state index in [1.165, 1.54) is 4.90 Å². The number of ether oxygens (including phenoxy) is 3. The van der Waals surface area contributed by atoms with Crippen LogP contribution in [0.25, 0.3) is 10.4 Å². The lowest BCUT2D eigenvalue weighted by molar-refractivity contribution is -0.179. The van der Waals surface area contributed by atoms with E-state index in [1.54, 1.807) is 29.5 Å². The first-order valence-electron chi connectivity index (χ1n) is 27.2. The fourth-order valence-electron chi connectivity index (χ4n) is 12.4. The van der Waals surface area contributed by atoms with Crippen LogP contribution in [0.2, 0.25) is 5.02 Å². The second-order valence-corrected chi connectivity index (χ2v) is 25.0. The minimum Gasteiger partial charge on any atom is -0.492 e. The molecule has 0 radical (unpaired) electrons.